The fourth-order valence-corrected chi connectivity index (χ4v) is 4.28. The molecule has 1 fully saturated rings. The van der Waals surface area contributed by atoms with Gasteiger partial charge in [-0.1, -0.05) is 37.3 Å². The number of alkyl halides is 3. The van der Waals surface area contributed by atoms with Crippen molar-refractivity contribution in [1.29, 1.82) is 0 Å². The third-order valence-electron chi connectivity index (χ3n) is 6.17. The number of benzene rings is 1. The number of pyridine rings is 1. The fraction of sp³-hybridized carbons (Fsp3) is 0.478. The van der Waals surface area contributed by atoms with Crippen LogP contribution in [0.1, 0.15) is 48.2 Å². The first-order chi connectivity index (χ1) is 15.3. The first-order valence-corrected chi connectivity index (χ1v) is 11.0. The Hall–Kier alpha value is -2.81. The summed E-state index contributed by atoms with van der Waals surface area (Å²) >= 11 is 0. The molecule has 6 nitrogen and oxygen atoms in total. The van der Waals surface area contributed by atoms with Gasteiger partial charge in [0.1, 0.15) is 11.5 Å². The monoisotopic (exact) mass is 447 g/mol. The molecule has 1 atom stereocenters. The summed E-state index contributed by atoms with van der Waals surface area (Å²) in [5.74, 6) is 0.841. The van der Waals surface area contributed by atoms with E-state index in [0.29, 0.717) is 36.9 Å². The van der Waals surface area contributed by atoms with Crippen LogP contribution in [0.3, 0.4) is 0 Å². The summed E-state index contributed by atoms with van der Waals surface area (Å²) in [6, 6.07) is 9.78. The van der Waals surface area contributed by atoms with Gasteiger partial charge in [0.2, 0.25) is 0 Å². The van der Waals surface area contributed by atoms with E-state index in [-0.39, 0.29) is 18.6 Å². The van der Waals surface area contributed by atoms with E-state index in [9.17, 15) is 18.0 Å². The number of carbonyl (C=O) groups excluding carboxylic acids is 1. The minimum absolute atomic E-state index is 0.0974. The van der Waals surface area contributed by atoms with Crippen LogP contribution in [-0.2, 0) is 19.3 Å². The van der Waals surface area contributed by atoms with Crippen molar-refractivity contribution in [2.24, 2.45) is 5.92 Å². The molecule has 9 heteroatoms. The van der Waals surface area contributed by atoms with E-state index in [4.69, 9.17) is 0 Å². The number of hydrogen-bond acceptors (Lipinski definition) is 4. The number of urea groups is 1. The highest BCUT2D eigenvalue weighted by Crippen LogP contribution is 2.32. The van der Waals surface area contributed by atoms with Crippen LogP contribution < -0.4 is 20.9 Å². The highest BCUT2D eigenvalue weighted by atomic mass is 19.4. The number of rotatable bonds is 4. The van der Waals surface area contributed by atoms with Crippen molar-refractivity contribution in [2.75, 3.05) is 24.5 Å². The topological polar surface area (TPSA) is 69.3 Å². The Kier molecular flexibility index (Phi) is 6.55. The van der Waals surface area contributed by atoms with Gasteiger partial charge in [0.15, 0.2) is 0 Å². The van der Waals surface area contributed by atoms with Crippen molar-refractivity contribution in [2.45, 2.75) is 45.1 Å². The molecule has 1 aromatic heterocycles. The smallest absolute Gasteiger partial charge is 0.356 e. The number of aromatic nitrogens is 1. The normalized spacial score (nSPS) is 19.4. The number of nitrogens with zero attached hydrogens (tertiary/aromatic N) is 2. The molecular weight excluding hydrogens is 419 g/mol. The lowest BCUT2D eigenvalue weighted by molar-refractivity contribution is -0.141. The molecular formula is C23H28F3N5O. The van der Waals surface area contributed by atoms with Gasteiger partial charge >= 0.3 is 12.2 Å². The van der Waals surface area contributed by atoms with Gasteiger partial charge in [-0.2, -0.15) is 13.2 Å². The van der Waals surface area contributed by atoms with E-state index in [1.807, 2.05) is 29.2 Å². The summed E-state index contributed by atoms with van der Waals surface area (Å²) in [5, 5.41) is 9.04. The molecule has 2 aliphatic heterocycles. The molecule has 3 heterocycles. The molecule has 1 saturated heterocycles. The van der Waals surface area contributed by atoms with Crippen LogP contribution in [-0.4, -0.2) is 30.6 Å². The zero-order valence-corrected chi connectivity index (χ0v) is 18.0. The summed E-state index contributed by atoms with van der Waals surface area (Å²) in [6.07, 6.45) is -2.71. The van der Waals surface area contributed by atoms with Gasteiger partial charge < -0.3 is 20.9 Å². The Balaban J connectivity index is 1.46. The molecule has 32 heavy (non-hydrogen) atoms. The van der Waals surface area contributed by atoms with Crippen molar-refractivity contribution in [3.8, 4) is 0 Å². The molecule has 0 radical (unpaired) electrons. The van der Waals surface area contributed by atoms with E-state index in [1.54, 1.807) is 0 Å². The van der Waals surface area contributed by atoms with E-state index >= 15 is 0 Å². The highest BCUT2D eigenvalue weighted by molar-refractivity contribution is 5.75. The van der Waals surface area contributed by atoms with Gasteiger partial charge in [-0.05, 0) is 36.0 Å². The van der Waals surface area contributed by atoms with E-state index in [1.165, 1.54) is 6.07 Å². The Labute approximate surface area is 185 Å². The SMILES string of the molecule is CC1CCN(c2nc(C(F)(F)F)ccc2CNC(=O)NC2CNCc3ccccc32)CC1. The minimum Gasteiger partial charge on any atom is -0.356 e. The van der Waals surface area contributed by atoms with E-state index in [2.05, 4.69) is 27.9 Å². The number of piperidine rings is 1. The second-order valence-electron chi connectivity index (χ2n) is 8.56. The molecule has 2 aromatic rings. The summed E-state index contributed by atoms with van der Waals surface area (Å²) in [5.41, 5.74) is 1.87. The summed E-state index contributed by atoms with van der Waals surface area (Å²) in [6.45, 7) is 4.91. The number of carbonyl (C=O) groups is 1. The number of halogens is 3. The van der Waals surface area contributed by atoms with Crippen LogP contribution in [0.4, 0.5) is 23.8 Å². The molecule has 0 spiro atoms. The zero-order valence-electron chi connectivity index (χ0n) is 18.0. The first-order valence-electron chi connectivity index (χ1n) is 11.0. The Morgan fingerprint density at radius 2 is 1.94 bits per heavy atom. The average Bonchev–Trinajstić information content (AvgIpc) is 2.78. The van der Waals surface area contributed by atoms with Crippen LogP contribution >= 0.6 is 0 Å². The van der Waals surface area contributed by atoms with Gasteiger partial charge in [-0.15, -0.1) is 0 Å². The van der Waals surface area contributed by atoms with Crippen LogP contribution in [0.25, 0.3) is 0 Å². The van der Waals surface area contributed by atoms with Crippen molar-refractivity contribution in [1.82, 2.24) is 20.9 Å². The maximum absolute atomic E-state index is 13.3. The Morgan fingerprint density at radius 1 is 1.19 bits per heavy atom. The molecule has 0 saturated carbocycles. The first kappa shape index (κ1) is 22.4. The lowest BCUT2D eigenvalue weighted by Gasteiger charge is -2.33. The lowest BCUT2D eigenvalue weighted by Crippen LogP contribution is -2.44. The summed E-state index contributed by atoms with van der Waals surface area (Å²) in [4.78, 5) is 18.4. The molecule has 1 aromatic carbocycles. The van der Waals surface area contributed by atoms with Crippen molar-refractivity contribution in [3.05, 3.63) is 58.8 Å². The van der Waals surface area contributed by atoms with Gasteiger partial charge in [-0.3, -0.25) is 0 Å². The third kappa shape index (κ3) is 5.15. The lowest BCUT2D eigenvalue weighted by atomic mass is 9.97. The maximum Gasteiger partial charge on any atom is 0.433 e. The second-order valence-corrected chi connectivity index (χ2v) is 8.56. The van der Waals surface area contributed by atoms with Crippen LogP contribution in [0.2, 0.25) is 0 Å². The predicted molar refractivity (Wildman–Crippen MR) is 116 cm³/mol. The Bertz CT molecular complexity index is 957. The predicted octanol–water partition coefficient (Wildman–Crippen LogP) is 3.98. The molecule has 0 aliphatic carbocycles. The number of amides is 2. The van der Waals surface area contributed by atoms with Crippen LogP contribution in [0.5, 0.6) is 0 Å². The quantitative estimate of drug-likeness (QED) is 0.663. The van der Waals surface area contributed by atoms with Gasteiger partial charge in [-0.25, -0.2) is 9.78 Å². The second kappa shape index (κ2) is 9.36. The number of anilines is 1. The molecule has 1 unspecified atom stereocenters. The minimum atomic E-state index is -4.51. The van der Waals surface area contributed by atoms with E-state index < -0.39 is 11.9 Å². The summed E-state index contributed by atoms with van der Waals surface area (Å²) in [7, 11) is 0. The Morgan fingerprint density at radius 3 is 2.69 bits per heavy atom. The van der Waals surface area contributed by atoms with Crippen LogP contribution in [0, 0.1) is 5.92 Å². The molecule has 4 rings (SSSR count). The average molecular weight is 448 g/mol. The molecule has 2 aliphatic rings. The van der Waals surface area contributed by atoms with Crippen LogP contribution in [0.15, 0.2) is 36.4 Å². The number of nitrogens with one attached hydrogen (secondary N) is 3. The molecule has 172 valence electrons. The number of hydrogen-bond donors (Lipinski definition) is 3. The van der Waals surface area contributed by atoms with Crippen molar-refractivity contribution >= 4 is 11.8 Å². The fourth-order valence-electron chi connectivity index (χ4n) is 4.28. The van der Waals surface area contributed by atoms with Crippen molar-refractivity contribution < 1.29 is 18.0 Å². The maximum atomic E-state index is 13.3. The van der Waals surface area contributed by atoms with Crippen molar-refractivity contribution in [3.63, 3.8) is 0 Å². The zero-order chi connectivity index (χ0) is 22.7. The molecule has 2 amide bonds. The summed E-state index contributed by atoms with van der Waals surface area (Å²) < 4.78 is 39.8. The van der Waals surface area contributed by atoms with Gasteiger partial charge in [0, 0.05) is 38.3 Å². The van der Waals surface area contributed by atoms with Gasteiger partial charge in [0.05, 0.1) is 6.04 Å². The van der Waals surface area contributed by atoms with E-state index in [0.717, 1.165) is 36.6 Å². The molecule has 0 bridgehead atoms. The standard InChI is InChI=1S/C23H28F3N5O/c1-15-8-10-31(11-9-15)21-17(6-7-20(30-21)23(24,25)26)13-28-22(32)29-19-14-27-12-16-4-2-3-5-18(16)19/h2-7,15,19,27H,8-14H2,1H3,(H2,28,29,32). The third-order valence-corrected chi connectivity index (χ3v) is 6.17. The number of fused-ring (bicyclic) bond motifs is 1. The largest absolute Gasteiger partial charge is 0.433 e. The van der Waals surface area contributed by atoms with Gasteiger partial charge in [0.25, 0.3) is 0 Å². The highest BCUT2D eigenvalue weighted by Gasteiger charge is 2.34. The molecule has 3 N–H and O–H groups in total.